The summed E-state index contributed by atoms with van der Waals surface area (Å²) < 4.78 is 6.60. The van der Waals surface area contributed by atoms with Gasteiger partial charge in [-0.3, -0.25) is 14.8 Å². The van der Waals surface area contributed by atoms with Crippen LogP contribution in [0.1, 0.15) is 19.9 Å². The molecule has 0 saturated carbocycles. The Morgan fingerprint density at radius 1 is 1.45 bits per heavy atom. The maximum absolute atomic E-state index is 11.1. The highest BCUT2D eigenvalue weighted by molar-refractivity contribution is 5.67. The summed E-state index contributed by atoms with van der Waals surface area (Å²) in [6, 6.07) is 0.195. The Morgan fingerprint density at radius 2 is 2.20 bits per heavy atom. The molecule has 0 aliphatic carbocycles. The Hall–Kier alpha value is -2.71. The minimum Gasteiger partial charge on any atom is -0.476 e. The van der Waals surface area contributed by atoms with Gasteiger partial charge in [0.2, 0.25) is 5.82 Å². The molecular weight excluding hydrogens is 264 g/mol. The lowest BCUT2D eigenvalue weighted by Crippen LogP contribution is -2.03. The molecule has 0 unspecified atom stereocenters. The van der Waals surface area contributed by atoms with E-state index in [-0.39, 0.29) is 23.4 Å². The van der Waals surface area contributed by atoms with Crippen molar-refractivity contribution < 1.29 is 9.66 Å². The van der Waals surface area contributed by atoms with Crippen LogP contribution in [-0.4, -0.2) is 31.8 Å². The van der Waals surface area contributed by atoms with E-state index < -0.39 is 4.92 Å². The van der Waals surface area contributed by atoms with Crippen molar-refractivity contribution in [1.29, 1.82) is 0 Å². The molecule has 9 heteroatoms. The normalized spacial score (nSPS) is 10.6. The fraction of sp³-hybridized carbons (Fsp3) is 0.364. The Bertz CT molecular complexity index is 624. The van der Waals surface area contributed by atoms with Crippen LogP contribution in [0.15, 0.2) is 18.7 Å². The Labute approximate surface area is 114 Å². The monoisotopic (exact) mass is 278 g/mol. The number of rotatable bonds is 5. The van der Waals surface area contributed by atoms with Crippen molar-refractivity contribution >= 4 is 17.2 Å². The molecule has 0 radical (unpaired) electrons. The number of nitro groups is 1. The van der Waals surface area contributed by atoms with E-state index in [0.29, 0.717) is 5.69 Å². The third kappa shape index (κ3) is 2.66. The fourth-order valence-electron chi connectivity index (χ4n) is 1.59. The van der Waals surface area contributed by atoms with E-state index in [9.17, 15) is 10.1 Å². The van der Waals surface area contributed by atoms with Crippen molar-refractivity contribution in [2.75, 3.05) is 12.4 Å². The smallest absolute Gasteiger partial charge is 0.373 e. The Morgan fingerprint density at radius 3 is 2.75 bits per heavy atom. The van der Waals surface area contributed by atoms with Crippen LogP contribution >= 0.6 is 0 Å². The molecular formula is C11H14N6O3. The van der Waals surface area contributed by atoms with Gasteiger partial charge in [0.25, 0.3) is 5.88 Å². The summed E-state index contributed by atoms with van der Waals surface area (Å²) in [5.41, 5.74) is 0.287. The third-order valence-electron chi connectivity index (χ3n) is 2.56. The van der Waals surface area contributed by atoms with E-state index in [2.05, 4.69) is 20.4 Å². The molecule has 2 aromatic heterocycles. The average molecular weight is 278 g/mol. The summed E-state index contributed by atoms with van der Waals surface area (Å²) in [5, 5.41) is 18.1. The van der Waals surface area contributed by atoms with Crippen LogP contribution < -0.4 is 10.1 Å². The number of aromatic nitrogens is 4. The topological polar surface area (TPSA) is 108 Å². The molecule has 1 N–H and O–H groups in total. The van der Waals surface area contributed by atoms with Crippen molar-refractivity contribution in [3.8, 4) is 5.88 Å². The second-order valence-corrected chi connectivity index (χ2v) is 4.27. The molecule has 0 aromatic carbocycles. The number of nitrogens with zero attached hydrogens (tertiary/aromatic N) is 5. The molecule has 2 heterocycles. The van der Waals surface area contributed by atoms with Crippen LogP contribution in [0.5, 0.6) is 5.88 Å². The van der Waals surface area contributed by atoms with Crippen LogP contribution in [-0.2, 0) is 0 Å². The van der Waals surface area contributed by atoms with Crippen LogP contribution in [0.4, 0.5) is 17.2 Å². The highest BCUT2D eigenvalue weighted by Crippen LogP contribution is 2.32. The number of hydrogen-bond donors (Lipinski definition) is 1. The predicted molar refractivity (Wildman–Crippen MR) is 71.1 cm³/mol. The Kier molecular flexibility index (Phi) is 3.78. The molecule has 2 aromatic rings. The first-order chi connectivity index (χ1) is 9.52. The van der Waals surface area contributed by atoms with Crippen molar-refractivity contribution in [3.63, 3.8) is 0 Å². The van der Waals surface area contributed by atoms with Gasteiger partial charge < -0.3 is 10.1 Å². The van der Waals surface area contributed by atoms with Gasteiger partial charge in [-0.1, -0.05) is 0 Å². The summed E-state index contributed by atoms with van der Waals surface area (Å²) in [5.74, 6) is -0.0334. The lowest BCUT2D eigenvalue weighted by Gasteiger charge is -2.06. The number of methoxy groups -OCH3 is 1. The van der Waals surface area contributed by atoms with E-state index in [1.165, 1.54) is 13.4 Å². The number of nitrogens with one attached hydrogen (secondary N) is 1. The van der Waals surface area contributed by atoms with Crippen molar-refractivity contribution in [2.45, 2.75) is 19.9 Å². The van der Waals surface area contributed by atoms with Crippen LogP contribution in [0, 0.1) is 10.1 Å². The van der Waals surface area contributed by atoms with Gasteiger partial charge in [0.05, 0.1) is 23.9 Å². The van der Waals surface area contributed by atoms with E-state index in [1.807, 2.05) is 13.8 Å². The molecule has 0 fully saturated rings. The highest BCUT2D eigenvalue weighted by atomic mass is 16.6. The highest BCUT2D eigenvalue weighted by Gasteiger charge is 2.24. The van der Waals surface area contributed by atoms with E-state index >= 15 is 0 Å². The van der Waals surface area contributed by atoms with Crippen LogP contribution in [0.2, 0.25) is 0 Å². The summed E-state index contributed by atoms with van der Waals surface area (Å²) in [4.78, 5) is 18.1. The van der Waals surface area contributed by atoms with Gasteiger partial charge in [-0.05, 0) is 13.8 Å². The molecule has 2 rings (SSSR count). The standard InChI is InChI=1S/C11H14N6O3/c1-7(2)16-5-8(4-14-16)15-10-9(17(18)19)11(20-3)13-6-12-10/h4-7H,1-3H3,(H,12,13,15). The SMILES string of the molecule is COc1ncnc(Nc2cnn(C(C)C)c2)c1[N+](=O)[O-]. The lowest BCUT2D eigenvalue weighted by molar-refractivity contribution is -0.385. The largest absolute Gasteiger partial charge is 0.476 e. The molecule has 106 valence electrons. The van der Waals surface area contributed by atoms with Gasteiger partial charge in [0.15, 0.2) is 0 Å². The van der Waals surface area contributed by atoms with Gasteiger partial charge in [-0.2, -0.15) is 10.1 Å². The average Bonchev–Trinajstić information content (AvgIpc) is 2.86. The van der Waals surface area contributed by atoms with Gasteiger partial charge in [0.1, 0.15) is 6.33 Å². The number of ether oxygens (including phenoxy) is 1. The predicted octanol–water partition coefficient (Wildman–Crippen LogP) is 1.91. The van der Waals surface area contributed by atoms with E-state index in [0.717, 1.165) is 0 Å². The lowest BCUT2D eigenvalue weighted by atomic mass is 10.4. The minimum absolute atomic E-state index is 0.0603. The molecule has 20 heavy (non-hydrogen) atoms. The zero-order valence-electron chi connectivity index (χ0n) is 11.3. The summed E-state index contributed by atoms with van der Waals surface area (Å²) in [6.45, 7) is 3.96. The zero-order valence-corrected chi connectivity index (χ0v) is 11.3. The molecule has 0 aliphatic rings. The minimum atomic E-state index is -0.589. The quantitative estimate of drug-likeness (QED) is 0.657. The zero-order chi connectivity index (χ0) is 14.7. The maximum atomic E-state index is 11.1. The van der Waals surface area contributed by atoms with Crippen molar-refractivity contribution in [2.24, 2.45) is 0 Å². The van der Waals surface area contributed by atoms with Gasteiger partial charge >= 0.3 is 5.69 Å². The van der Waals surface area contributed by atoms with Crippen molar-refractivity contribution in [1.82, 2.24) is 19.7 Å². The number of hydrogen-bond acceptors (Lipinski definition) is 7. The second-order valence-electron chi connectivity index (χ2n) is 4.27. The molecule has 0 bridgehead atoms. The van der Waals surface area contributed by atoms with Gasteiger partial charge in [-0.15, -0.1) is 0 Å². The van der Waals surface area contributed by atoms with Gasteiger partial charge in [0, 0.05) is 12.2 Å². The first-order valence-corrected chi connectivity index (χ1v) is 5.87. The van der Waals surface area contributed by atoms with Crippen LogP contribution in [0.3, 0.4) is 0 Å². The maximum Gasteiger partial charge on any atom is 0.373 e. The molecule has 0 amide bonds. The summed E-state index contributed by atoms with van der Waals surface area (Å²) >= 11 is 0. The van der Waals surface area contributed by atoms with Crippen LogP contribution in [0.25, 0.3) is 0 Å². The Balaban J connectivity index is 2.35. The van der Waals surface area contributed by atoms with Crippen molar-refractivity contribution in [3.05, 3.63) is 28.8 Å². The summed E-state index contributed by atoms with van der Waals surface area (Å²) in [6.07, 6.45) is 4.50. The molecule has 9 nitrogen and oxygen atoms in total. The fourth-order valence-corrected chi connectivity index (χ4v) is 1.59. The van der Waals surface area contributed by atoms with Gasteiger partial charge in [-0.25, -0.2) is 4.98 Å². The summed E-state index contributed by atoms with van der Waals surface area (Å²) in [7, 11) is 1.32. The molecule has 0 aliphatic heterocycles. The second kappa shape index (κ2) is 5.51. The molecule has 0 saturated heterocycles. The first kappa shape index (κ1) is 13.7. The molecule has 0 spiro atoms. The van der Waals surface area contributed by atoms with E-state index in [1.54, 1.807) is 17.1 Å². The first-order valence-electron chi connectivity index (χ1n) is 5.87. The number of anilines is 2. The third-order valence-corrected chi connectivity index (χ3v) is 2.56. The van der Waals surface area contributed by atoms with E-state index in [4.69, 9.17) is 4.74 Å². The molecule has 0 atom stereocenters.